The van der Waals surface area contributed by atoms with E-state index in [0.29, 0.717) is 17.6 Å². The second kappa shape index (κ2) is 6.31. The van der Waals surface area contributed by atoms with Crippen molar-refractivity contribution in [2.24, 2.45) is 0 Å². The molecule has 0 spiro atoms. The summed E-state index contributed by atoms with van der Waals surface area (Å²) in [7, 11) is 1.52. The summed E-state index contributed by atoms with van der Waals surface area (Å²) in [5.74, 6) is -0.363. The van der Waals surface area contributed by atoms with Gasteiger partial charge in [-0.2, -0.15) is 0 Å². The fourth-order valence-corrected chi connectivity index (χ4v) is 1.55. The minimum absolute atomic E-state index is 0.135. The molecule has 1 rings (SSSR count). The molecule has 7 heteroatoms. The zero-order valence-corrected chi connectivity index (χ0v) is 10.7. The number of hydrogen-bond donors (Lipinski definition) is 1. The Labute approximate surface area is 106 Å². The first-order valence-corrected chi connectivity index (χ1v) is 5.56. The largest absolute Gasteiger partial charge is 0.383 e. The summed E-state index contributed by atoms with van der Waals surface area (Å²) in [6, 6.07) is 4.22. The maximum absolute atomic E-state index is 11.6. The lowest BCUT2D eigenvalue weighted by Gasteiger charge is -2.04. The number of rotatable bonds is 5. The Kier molecular flexibility index (Phi) is 5.05. The number of carbonyl (C=O) groups is 1. The summed E-state index contributed by atoms with van der Waals surface area (Å²) in [6.45, 7) is 0.754. The zero-order valence-electron chi connectivity index (χ0n) is 9.10. The van der Waals surface area contributed by atoms with Crippen molar-refractivity contribution in [3.63, 3.8) is 0 Å². The molecule has 0 aromatic heterocycles. The number of halogens is 1. The van der Waals surface area contributed by atoms with Gasteiger partial charge in [0.25, 0.3) is 11.6 Å². The van der Waals surface area contributed by atoms with Crippen molar-refractivity contribution in [3.8, 4) is 0 Å². The number of nitrogens with zero attached hydrogens (tertiary/aromatic N) is 1. The van der Waals surface area contributed by atoms with E-state index in [0.717, 1.165) is 0 Å². The first-order chi connectivity index (χ1) is 8.06. The highest BCUT2D eigenvalue weighted by molar-refractivity contribution is 9.10. The maximum atomic E-state index is 11.6. The van der Waals surface area contributed by atoms with Gasteiger partial charge in [-0.05, 0) is 28.1 Å². The third-order valence-corrected chi connectivity index (χ3v) is 2.67. The minimum Gasteiger partial charge on any atom is -0.383 e. The van der Waals surface area contributed by atoms with Crippen LogP contribution in [0.3, 0.4) is 0 Å². The maximum Gasteiger partial charge on any atom is 0.284 e. The fraction of sp³-hybridized carbons (Fsp3) is 0.300. The predicted octanol–water partition coefficient (Wildman–Crippen LogP) is 1.73. The second-order valence-corrected chi connectivity index (χ2v) is 4.03. The van der Waals surface area contributed by atoms with Crippen LogP contribution in [0, 0.1) is 10.1 Å². The molecular weight excluding hydrogens is 292 g/mol. The topological polar surface area (TPSA) is 81.5 Å². The number of nitro benzene ring substituents is 1. The Balaban J connectivity index is 2.81. The van der Waals surface area contributed by atoms with E-state index >= 15 is 0 Å². The normalized spacial score (nSPS) is 10.0. The van der Waals surface area contributed by atoms with Crippen molar-refractivity contribution < 1.29 is 14.5 Å². The summed E-state index contributed by atoms with van der Waals surface area (Å²) in [5, 5.41) is 13.3. The Bertz CT molecular complexity index is 436. The molecule has 1 N–H and O–H groups in total. The molecular formula is C10H11BrN2O4. The van der Waals surface area contributed by atoms with Crippen molar-refractivity contribution in [2.45, 2.75) is 0 Å². The number of amides is 1. The summed E-state index contributed by atoms with van der Waals surface area (Å²) < 4.78 is 5.12. The molecule has 0 aliphatic heterocycles. The number of nitrogens with one attached hydrogen (secondary N) is 1. The molecule has 0 radical (unpaired) electrons. The molecule has 6 nitrogen and oxygen atoms in total. The van der Waals surface area contributed by atoms with Gasteiger partial charge in [0.15, 0.2) is 0 Å². The molecule has 0 fully saturated rings. The number of hydrogen-bond acceptors (Lipinski definition) is 4. The van der Waals surface area contributed by atoms with Crippen molar-refractivity contribution in [1.82, 2.24) is 5.32 Å². The second-order valence-electron chi connectivity index (χ2n) is 3.17. The number of ether oxygens (including phenoxy) is 1. The van der Waals surface area contributed by atoms with E-state index in [2.05, 4.69) is 21.2 Å². The summed E-state index contributed by atoms with van der Waals surface area (Å²) in [5.41, 5.74) is 0.111. The van der Waals surface area contributed by atoms with E-state index in [1.807, 2.05) is 0 Å². The molecule has 0 saturated carbocycles. The van der Waals surface area contributed by atoms with Gasteiger partial charge >= 0.3 is 0 Å². The molecule has 0 aliphatic carbocycles. The van der Waals surface area contributed by atoms with E-state index in [-0.39, 0.29) is 17.2 Å². The Morgan fingerprint density at radius 2 is 2.29 bits per heavy atom. The third-order valence-electron chi connectivity index (χ3n) is 2.00. The van der Waals surface area contributed by atoms with Gasteiger partial charge in [-0.3, -0.25) is 14.9 Å². The lowest BCUT2D eigenvalue weighted by atomic mass is 10.2. The monoisotopic (exact) mass is 302 g/mol. The quantitative estimate of drug-likeness (QED) is 0.510. The zero-order chi connectivity index (χ0) is 12.8. The first kappa shape index (κ1) is 13.6. The van der Waals surface area contributed by atoms with Crippen molar-refractivity contribution in [3.05, 3.63) is 38.3 Å². The summed E-state index contributed by atoms with van der Waals surface area (Å²) >= 11 is 3.05. The number of methoxy groups -OCH3 is 1. The van der Waals surface area contributed by atoms with Crippen LogP contribution in [0.1, 0.15) is 10.4 Å². The van der Waals surface area contributed by atoms with E-state index in [9.17, 15) is 14.9 Å². The average molecular weight is 303 g/mol. The lowest BCUT2D eigenvalue weighted by molar-refractivity contribution is -0.385. The van der Waals surface area contributed by atoms with Gasteiger partial charge in [0, 0.05) is 25.3 Å². The highest BCUT2D eigenvalue weighted by Gasteiger charge is 2.15. The van der Waals surface area contributed by atoms with E-state index in [1.165, 1.54) is 25.3 Å². The molecule has 1 aromatic carbocycles. The average Bonchev–Trinajstić information content (AvgIpc) is 2.29. The molecule has 0 aliphatic rings. The summed E-state index contributed by atoms with van der Waals surface area (Å²) in [4.78, 5) is 21.7. The SMILES string of the molecule is COCCNC(=O)c1ccc(Br)c([N+](=O)[O-])c1. The van der Waals surface area contributed by atoms with Crippen LogP contribution in [0.4, 0.5) is 5.69 Å². The number of carbonyl (C=O) groups excluding carboxylic acids is 1. The molecule has 0 unspecified atom stereocenters. The smallest absolute Gasteiger partial charge is 0.284 e. The number of benzene rings is 1. The van der Waals surface area contributed by atoms with Gasteiger partial charge in [0.05, 0.1) is 16.0 Å². The molecule has 17 heavy (non-hydrogen) atoms. The minimum atomic E-state index is -0.546. The standard InChI is InChI=1S/C10H11BrN2O4/c1-17-5-4-12-10(14)7-2-3-8(11)9(6-7)13(15)16/h2-3,6H,4-5H2,1H3,(H,12,14). The van der Waals surface area contributed by atoms with Crippen molar-refractivity contribution in [2.75, 3.05) is 20.3 Å². The van der Waals surface area contributed by atoms with Gasteiger partial charge in [-0.25, -0.2) is 0 Å². The number of nitro groups is 1. The molecule has 1 aromatic rings. The van der Waals surface area contributed by atoms with Gasteiger partial charge < -0.3 is 10.1 Å². The van der Waals surface area contributed by atoms with Gasteiger partial charge in [-0.1, -0.05) is 0 Å². The van der Waals surface area contributed by atoms with Crippen LogP contribution < -0.4 is 5.32 Å². The third kappa shape index (κ3) is 3.79. The Hall–Kier alpha value is -1.47. The molecule has 0 bridgehead atoms. The van der Waals surface area contributed by atoms with E-state index < -0.39 is 4.92 Å². The molecule has 0 saturated heterocycles. The van der Waals surface area contributed by atoms with Crippen LogP contribution in [-0.2, 0) is 4.74 Å². The highest BCUT2D eigenvalue weighted by atomic mass is 79.9. The van der Waals surface area contributed by atoms with Crippen molar-refractivity contribution >= 4 is 27.5 Å². The van der Waals surface area contributed by atoms with Crippen LogP contribution in [0.2, 0.25) is 0 Å². The Morgan fingerprint density at radius 1 is 1.59 bits per heavy atom. The molecule has 1 amide bonds. The Morgan fingerprint density at radius 3 is 2.88 bits per heavy atom. The van der Waals surface area contributed by atoms with Gasteiger partial charge in [0.2, 0.25) is 0 Å². The van der Waals surface area contributed by atoms with Gasteiger partial charge in [0.1, 0.15) is 0 Å². The van der Waals surface area contributed by atoms with Crippen LogP contribution >= 0.6 is 15.9 Å². The first-order valence-electron chi connectivity index (χ1n) is 4.77. The molecule has 0 heterocycles. The van der Waals surface area contributed by atoms with Crippen LogP contribution in [0.15, 0.2) is 22.7 Å². The van der Waals surface area contributed by atoms with E-state index in [1.54, 1.807) is 0 Å². The van der Waals surface area contributed by atoms with E-state index in [4.69, 9.17) is 4.74 Å². The highest BCUT2D eigenvalue weighted by Crippen LogP contribution is 2.25. The predicted molar refractivity (Wildman–Crippen MR) is 65.0 cm³/mol. The van der Waals surface area contributed by atoms with Gasteiger partial charge in [-0.15, -0.1) is 0 Å². The van der Waals surface area contributed by atoms with Crippen LogP contribution in [-0.4, -0.2) is 31.1 Å². The lowest BCUT2D eigenvalue weighted by Crippen LogP contribution is -2.26. The summed E-state index contributed by atoms with van der Waals surface area (Å²) in [6.07, 6.45) is 0. The van der Waals surface area contributed by atoms with Crippen LogP contribution in [0.5, 0.6) is 0 Å². The van der Waals surface area contributed by atoms with Crippen molar-refractivity contribution in [1.29, 1.82) is 0 Å². The molecule has 0 atom stereocenters. The van der Waals surface area contributed by atoms with Crippen LogP contribution in [0.25, 0.3) is 0 Å². The molecule has 92 valence electrons. The fourth-order valence-electron chi connectivity index (χ4n) is 1.16.